The molecular formula is C15H24N2OS. The van der Waals surface area contributed by atoms with E-state index in [4.69, 9.17) is 10.5 Å². The van der Waals surface area contributed by atoms with Gasteiger partial charge in [0.1, 0.15) is 0 Å². The van der Waals surface area contributed by atoms with Gasteiger partial charge < -0.3 is 15.4 Å². The fourth-order valence-electron chi connectivity index (χ4n) is 2.72. The molecule has 1 aliphatic heterocycles. The predicted octanol–water partition coefficient (Wildman–Crippen LogP) is 2.87. The minimum atomic E-state index is 0.275. The van der Waals surface area contributed by atoms with Crippen LogP contribution >= 0.6 is 11.8 Å². The maximum absolute atomic E-state index is 5.99. The minimum absolute atomic E-state index is 0.275. The van der Waals surface area contributed by atoms with Crippen molar-refractivity contribution in [2.75, 3.05) is 23.7 Å². The summed E-state index contributed by atoms with van der Waals surface area (Å²) in [5, 5.41) is 0. The zero-order chi connectivity index (χ0) is 13.8. The average molecular weight is 280 g/mol. The van der Waals surface area contributed by atoms with Crippen molar-refractivity contribution in [3.8, 4) is 0 Å². The monoisotopic (exact) mass is 280 g/mol. The first-order chi connectivity index (χ1) is 9.15. The second-order valence-corrected chi connectivity index (χ2v) is 6.36. The molecule has 106 valence electrons. The molecule has 0 spiro atoms. The molecule has 0 radical (unpaired) electrons. The Labute approximate surface area is 120 Å². The zero-order valence-electron chi connectivity index (χ0n) is 12.1. The van der Waals surface area contributed by atoms with Gasteiger partial charge in [-0.1, -0.05) is 13.0 Å². The standard InChI is InChI=1S/C15H24N2OS/c1-4-19-15-7-5-6-14(13(15)8-16)17-9-11(2)18-12(3)10-17/h5-7,11-12H,4,8-10,16H2,1-3H3/t11-,12+. The quantitative estimate of drug-likeness (QED) is 0.861. The number of nitrogens with two attached hydrogens (primary N) is 1. The summed E-state index contributed by atoms with van der Waals surface area (Å²) in [6.07, 6.45) is 0.550. The van der Waals surface area contributed by atoms with E-state index in [1.807, 2.05) is 11.8 Å². The third-order valence-electron chi connectivity index (χ3n) is 3.37. The lowest BCUT2D eigenvalue weighted by Crippen LogP contribution is -2.46. The van der Waals surface area contributed by atoms with Gasteiger partial charge >= 0.3 is 0 Å². The molecular weight excluding hydrogens is 256 g/mol. The number of nitrogens with zero attached hydrogens (tertiary/aromatic N) is 1. The van der Waals surface area contributed by atoms with Gasteiger partial charge in [0.25, 0.3) is 0 Å². The van der Waals surface area contributed by atoms with Gasteiger partial charge in [-0.2, -0.15) is 0 Å². The van der Waals surface area contributed by atoms with Gasteiger partial charge in [-0.05, 0) is 31.7 Å². The van der Waals surface area contributed by atoms with E-state index in [1.165, 1.54) is 16.1 Å². The zero-order valence-corrected chi connectivity index (χ0v) is 12.9. The molecule has 0 bridgehead atoms. The van der Waals surface area contributed by atoms with E-state index in [1.54, 1.807) is 0 Å². The van der Waals surface area contributed by atoms with Crippen LogP contribution in [0.25, 0.3) is 0 Å². The molecule has 19 heavy (non-hydrogen) atoms. The third-order valence-corrected chi connectivity index (χ3v) is 4.35. The SMILES string of the molecule is CCSc1cccc(N2C[C@@H](C)O[C@@H](C)C2)c1CN. The van der Waals surface area contributed by atoms with Crippen LogP contribution < -0.4 is 10.6 Å². The van der Waals surface area contributed by atoms with Gasteiger partial charge in [-0.25, -0.2) is 0 Å². The molecule has 0 aliphatic carbocycles. The van der Waals surface area contributed by atoms with Gasteiger partial charge in [-0.15, -0.1) is 11.8 Å². The summed E-state index contributed by atoms with van der Waals surface area (Å²) in [4.78, 5) is 3.73. The van der Waals surface area contributed by atoms with Crippen molar-refractivity contribution in [3.63, 3.8) is 0 Å². The Bertz CT molecular complexity index is 415. The van der Waals surface area contributed by atoms with Crippen molar-refractivity contribution in [2.24, 2.45) is 5.73 Å². The number of morpholine rings is 1. The van der Waals surface area contributed by atoms with Gasteiger partial charge in [0.15, 0.2) is 0 Å². The van der Waals surface area contributed by atoms with Crippen LogP contribution in [-0.4, -0.2) is 31.1 Å². The van der Waals surface area contributed by atoms with Gasteiger partial charge in [0, 0.05) is 35.8 Å². The molecule has 1 saturated heterocycles. The molecule has 0 saturated carbocycles. The smallest absolute Gasteiger partial charge is 0.0726 e. The lowest BCUT2D eigenvalue weighted by atomic mass is 10.1. The van der Waals surface area contributed by atoms with Gasteiger partial charge in [0.05, 0.1) is 12.2 Å². The number of thioether (sulfide) groups is 1. The van der Waals surface area contributed by atoms with E-state index in [9.17, 15) is 0 Å². The molecule has 2 N–H and O–H groups in total. The van der Waals surface area contributed by atoms with E-state index < -0.39 is 0 Å². The molecule has 3 nitrogen and oxygen atoms in total. The van der Waals surface area contributed by atoms with Gasteiger partial charge in [-0.3, -0.25) is 0 Å². The van der Waals surface area contributed by atoms with Crippen molar-refractivity contribution in [3.05, 3.63) is 23.8 Å². The molecule has 0 unspecified atom stereocenters. The molecule has 0 amide bonds. The third kappa shape index (κ3) is 3.44. The molecule has 1 aliphatic rings. The Hall–Kier alpha value is -0.710. The van der Waals surface area contributed by atoms with Crippen LogP contribution in [0.3, 0.4) is 0 Å². The topological polar surface area (TPSA) is 38.5 Å². The Morgan fingerprint density at radius 1 is 1.32 bits per heavy atom. The lowest BCUT2D eigenvalue weighted by molar-refractivity contribution is -0.00527. The maximum atomic E-state index is 5.99. The number of hydrogen-bond acceptors (Lipinski definition) is 4. The fraction of sp³-hybridized carbons (Fsp3) is 0.600. The van der Waals surface area contributed by atoms with Crippen LogP contribution in [0.1, 0.15) is 26.3 Å². The molecule has 1 heterocycles. The number of ether oxygens (including phenoxy) is 1. The van der Waals surface area contributed by atoms with Gasteiger partial charge in [0.2, 0.25) is 0 Å². The Morgan fingerprint density at radius 3 is 2.58 bits per heavy atom. The maximum Gasteiger partial charge on any atom is 0.0726 e. The molecule has 2 rings (SSSR count). The summed E-state index contributed by atoms with van der Waals surface area (Å²) in [5.41, 5.74) is 8.54. The number of rotatable bonds is 4. The van der Waals surface area contributed by atoms with Crippen molar-refractivity contribution >= 4 is 17.4 Å². The van der Waals surface area contributed by atoms with Crippen LogP contribution in [-0.2, 0) is 11.3 Å². The van der Waals surface area contributed by atoms with Crippen molar-refractivity contribution in [1.82, 2.24) is 0 Å². The van der Waals surface area contributed by atoms with Crippen molar-refractivity contribution < 1.29 is 4.74 Å². The summed E-state index contributed by atoms with van der Waals surface area (Å²) in [6, 6.07) is 6.50. The van der Waals surface area contributed by atoms with E-state index in [0.29, 0.717) is 6.54 Å². The predicted molar refractivity (Wildman–Crippen MR) is 83.0 cm³/mol. The van der Waals surface area contributed by atoms with Crippen LogP contribution in [0.2, 0.25) is 0 Å². The number of anilines is 1. The van der Waals surface area contributed by atoms with Crippen LogP contribution in [0.4, 0.5) is 5.69 Å². The second-order valence-electron chi connectivity index (χ2n) is 5.05. The van der Waals surface area contributed by atoms with E-state index in [-0.39, 0.29) is 12.2 Å². The van der Waals surface area contributed by atoms with Crippen LogP contribution in [0.15, 0.2) is 23.1 Å². The highest BCUT2D eigenvalue weighted by molar-refractivity contribution is 7.99. The fourth-order valence-corrected chi connectivity index (χ4v) is 3.57. The highest BCUT2D eigenvalue weighted by Gasteiger charge is 2.24. The van der Waals surface area contributed by atoms with Crippen LogP contribution in [0.5, 0.6) is 0 Å². The molecule has 4 heteroatoms. The Morgan fingerprint density at radius 2 is 2.00 bits per heavy atom. The highest BCUT2D eigenvalue weighted by atomic mass is 32.2. The largest absolute Gasteiger partial charge is 0.372 e. The molecule has 1 aromatic rings. The van der Waals surface area contributed by atoms with E-state index >= 15 is 0 Å². The highest BCUT2D eigenvalue weighted by Crippen LogP contribution is 2.32. The Kier molecular flexibility index (Phi) is 5.13. The summed E-state index contributed by atoms with van der Waals surface area (Å²) in [7, 11) is 0. The molecule has 1 fully saturated rings. The first-order valence-corrected chi connectivity index (χ1v) is 7.99. The summed E-state index contributed by atoms with van der Waals surface area (Å²) in [5.74, 6) is 1.08. The first-order valence-electron chi connectivity index (χ1n) is 7.00. The summed E-state index contributed by atoms with van der Waals surface area (Å²) < 4.78 is 5.81. The number of benzene rings is 1. The van der Waals surface area contributed by atoms with Crippen molar-refractivity contribution in [2.45, 2.75) is 44.4 Å². The summed E-state index contributed by atoms with van der Waals surface area (Å²) in [6.45, 7) is 8.93. The Balaban J connectivity index is 2.30. The second kappa shape index (κ2) is 6.64. The van der Waals surface area contributed by atoms with E-state index in [2.05, 4.69) is 43.9 Å². The van der Waals surface area contributed by atoms with E-state index in [0.717, 1.165) is 18.8 Å². The average Bonchev–Trinajstić information content (AvgIpc) is 2.37. The lowest BCUT2D eigenvalue weighted by Gasteiger charge is -2.38. The summed E-state index contributed by atoms with van der Waals surface area (Å²) >= 11 is 1.87. The minimum Gasteiger partial charge on any atom is -0.372 e. The van der Waals surface area contributed by atoms with Crippen molar-refractivity contribution in [1.29, 1.82) is 0 Å². The van der Waals surface area contributed by atoms with Crippen LogP contribution in [0, 0.1) is 0 Å². The first kappa shape index (κ1) is 14.7. The number of hydrogen-bond donors (Lipinski definition) is 1. The molecule has 1 aromatic carbocycles. The molecule has 2 atom stereocenters. The molecule has 0 aromatic heterocycles. The normalized spacial score (nSPS) is 23.7.